The molecule has 2 nitrogen and oxygen atoms in total. The van der Waals surface area contributed by atoms with Crippen LogP contribution in [0, 0.1) is 0 Å². The van der Waals surface area contributed by atoms with Gasteiger partial charge in [0.15, 0.2) is 0 Å². The topological polar surface area (TPSA) is 12.5 Å². The van der Waals surface area contributed by atoms with Gasteiger partial charge in [-0.2, -0.15) is 52.7 Å². The zero-order valence-corrected chi connectivity index (χ0v) is 11.3. The van der Waals surface area contributed by atoms with Crippen LogP contribution in [-0.2, 0) is 4.74 Å². The molecule has 1 fully saturated rings. The van der Waals surface area contributed by atoms with E-state index in [9.17, 15) is 52.7 Å². The molecular weight excluding hydrogens is 378 g/mol. The third kappa shape index (κ3) is 2.49. The first-order valence-corrected chi connectivity index (χ1v) is 5.89. The number of alkyl halides is 10. The van der Waals surface area contributed by atoms with Crippen LogP contribution in [-0.4, -0.2) is 41.6 Å². The molecule has 0 bridgehead atoms. The minimum absolute atomic E-state index is 0.253. The summed E-state index contributed by atoms with van der Waals surface area (Å²) in [5, 5.41) is 0. The Bertz CT molecular complexity index is 502. The van der Waals surface area contributed by atoms with Crippen molar-refractivity contribution in [2.45, 2.75) is 43.4 Å². The highest BCUT2D eigenvalue weighted by molar-refractivity contribution is 5.20. The maximum absolute atomic E-state index is 13.3. The Morgan fingerprint density at radius 3 is 1.58 bits per heavy atom. The molecular formula is C10H7F12NO. The second kappa shape index (κ2) is 5.59. The van der Waals surface area contributed by atoms with E-state index >= 15 is 0 Å². The molecule has 0 unspecified atom stereocenters. The van der Waals surface area contributed by atoms with E-state index in [2.05, 4.69) is 4.74 Å². The molecule has 1 heterocycles. The summed E-state index contributed by atoms with van der Waals surface area (Å²) >= 11 is 0. The molecule has 14 heteroatoms. The first-order chi connectivity index (χ1) is 10.5. The van der Waals surface area contributed by atoms with Crippen LogP contribution in [0.4, 0.5) is 52.7 Å². The molecule has 1 rings (SSSR count). The van der Waals surface area contributed by atoms with Gasteiger partial charge in [0, 0.05) is 0 Å². The average Bonchev–Trinajstić information content (AvgIpc) is 2.49. The van der Waals surface area contributed by atoms with Crippen LogP contribution in [0.2, 0.25) is 0 Å². The highest BCUT2D eigenvalue weighted by atomic mass is 19.4. The lowest BCUT2D eigenvalue weighted by Crippen LogP contribution is -2.51. The summed E-state index contributed by atoms with van der Waals surface area (Å²) in [5.74, 6) is -21.6. The Morgan fingerprint density at radius 2 is 1.25 bits per heavy atom. The highest BCUT2D eigenvalue weighted by Gasteiger charge is 2.94. The number of rotatable bonds is 5. The zero-order valence-electron chi connectivity index (χ0n) is 11.3. The lowest BCUT2D eigenvalue weighted by molar-refractivity contribution is -0.303. The van der Waals surface area contributed by atoms with Gasteiger partial charge in [-0.1, -0.05) is 6.92 Å². The molecule has 24 heavy (non-hydrogen) atoms. The lowest BCUT2D eigenvalue weighted by Gasteiger charge is -2.29. The van der Waals surface area contributed by atoms with Crippen LogP contribution in [0.5, 0.6) is 0 Å². The van der Waals surface area contributed by atoms with Crippen molar-refractivity contribution in [1.29, 1.82) is 0 Å². The molecule has 0 atom stereocenters. The molecule has 0 aliphatic carbocycles. The van der Waals surface area contributed by atoms with Crippen molar-refractivity contribution in [1.82, 2.24) is 4.90 Å². The fourth-order valence-electron chi connectivity index (χ4n) is 1.59. The monoisotopic (exact) mass is 385 g/mol. The standard InChI is InChI=1S/C10H7F12NO/c1-2-3-24-6(13,14)4(11)5(12)23-9(19,20)7(15,16)8(17,18)10(23,21)22/h2-3H2,1H3/b5-4-. The molecule has 0 saturated carbocycles. The number of nitrogens with zero attached hydrogens (tertiary/aromatic N) is 1. The SMILES string of the molecule is CCCOC(F)(F)/C(F)=C(\F)N1C(F)(F)C(F)(F)C(F)(F)C1(F)F. The van der Waals surface area contributed by atoms with Gasteiger partial charge in [-0.25, -0.2) is 4.90 Å². The normalized spacial score (nSPS) is 25.6. The van der Waals surface area contributed by atoms with Gasteiger partial charge < -0.3 is 4.74 Å². The highest BCUT2D eigenvalue weighted by Crippen LogP contribution is 2.64. The molecule has 0 spiro atoms. The molecule has 0 aromatic rings. The largest absolute Gasteiger partial charge is 0.413 e. The summed E-state index contributed by atoms with van der Waals surface area (Å²) in [6.45, 7) is 0.157. The average molecular weight is 385 g/mol. The molecule has 0 amide bonds. The van der Waals surface area contributed by atoms with Gasteiger partial charge in [0.1, 0.15) is 0 Å². The van der Waals surface area contributed by atoms with Crippen LogP contribution in [0.15, 0.2) is 11.8 Å². The van der Waals surface area contributed by atoms with Gasteiger partial charge >= 0.3 is 30.0 Å². The van der Waals surface area contributed by atoms with Gasteiger partial charge in [-0.15, -0.1) is 0 Å². The number of ether oxygens (including phenoxy) is 1. The molecule has 0 N–H and O–H groups in total. The first-order valence-electron chi connectivity index (χ1n) is 5.89. The van der Waals surface area contributed by atoms with E-state index in [1.54, 1.807) is 0 Å². The van der Waals surface area contributed by atoms with E-state index in [0.29, 0.717) is 0 Å². The van der Waals surface area contributed by atoms with E-state index in [1.807, 2.05) is 0 Å². The summed E-state index contributed by atoms with van der Waals surface area (Å²) in [6.07, 6.45) is -5.68. The summed E-state index contributed by atoms with van der Waals surface area (Å²) in [4.78, 5) is -3.02. The Labute approximate surface area is 125 Å². The molecule has 1 saturated heterocycles. The molecule has 0 aromatic heterocycles. The fraction of sp³-hybridized carbons (Fsp3) is 0.800. The summed E-state index contributed by atoms with van der Waals surface area (Å²) < 4.78 is 160. The first kappa shape index (κ1) is 20.7. The Balaban J connectivity index is 3.51. The predicted octanol–water partition coefficient (Wildman–Crippen LogP) is 4.89. The molecule has 142 valence electrons. The van der Waals surface area contributed by atoms with Crippen molar-refractivity contribution < 1.29 is 57.4 Å². The predicted molar refractivity (Wildman–Crippen MR) is 52.1 cm³/mol. The van der Waals surface area contributed by atoms with Crippen molar-refractivity contribution >= 4 is 0 Å². The fourth-order valence-corrected chi connectivity index (χ4v) is 1.59. The van der Waals surface area contributed by atoms with Crippen LogP contribution < -0.4 is 0 Å². The number of hydrogen-bond donors (Lipinski definition) is 0. The molecule has 0 radical (unpaired) electrons. The van der Waals surface area contributed by atoms with E-state index in [4.69, 9.17) is 0 Å². The minimum Gasteiger partial charge on any atom is -0.315 e. The molecule has 1 aliphatic rings. The smallest absolute Gasteiger partial charge is 0.315 e. The Hall–Kier alpha value is -1.34. The van der Waals surface area contributed by atoms with Crippen LogP contribution in [0.25, 0.3) is 0 Å². The van der Waals surface area contributed by atoms with E-state index in [0.717, 1.165) is 0 Å². The maximum atomic E-state index is 13.3. The second-order valence-electron chi connectivity index (χ2n) is 4.54. The minimum atomic E-state index is -6.89. The maximum Gasteiger partial charge on any atom is 0.413 e. The van der Waals surface area contributed by atoms with Crippen LogP contribution in [0.1, 0.15) is 13.3 Å². The van der Waals surface area contributed by atoms with Gasteiger partial charge in [-0.3, -0.25) is 0 Å². The van der Waals surface area contributed by atoms with Crippen molar-refractivity contribution in [2.75, 3.05) is 6.61 Å². The quantitative estimate of drug-likeness (QED) is 0.494. The van der Waals surface area contributed by atoms with E-state index in [1.165, 1.54) is 6.92 Å². The summed E-state index contributed by atoms with van der Waals surface area (Å²) in [7, 11) is 0. The third-order valence-corrected chi connectivity index (χ3v) is 2.83. The van der Waals surface area contributed by atoms with E-state index < -0.39 is 53.3 Å². The zero-order chi connectivity index (χ0) is 19.4. The van der Waals surface area contributed by atoms with Gasteiger partial charge in [-0.05, 0) is 6.42 Å². The number of halogens is 12. The van der Waals surface area contributed by atoms with Crippen LogP contribution in [0.3, 0.4) is 0 Å². The van der Waals surface area contributed by atoms with Gasteiger partial charge in [0.05, 0.1) is 6.61 Å². The van der Waals surface area contributed by atoms with Crippen molar-refractivity contribution in [3.63, 3.8) is 0 Å². The Morgan fingerprint density at radius 1 is 0.875 bits per heavy atom. The third-order valence-electron chi connectivity index (χ3n) is 2.83. The summed E-state index contributed by atoms with van der Waals surface area (Å²) in [5.41, 5.74) is 0. The van der Waals surface area contributed by atoms with Crippen LogP contribution >= 0.6 is 0 Å². The Kier molecular flexibility index (Phi) is 4.82. The van der Waals surface area contributed by atoms with Gasteiger partial charge in [0.2, 0.25) is 5.95 Å². The lowest BCUT2D eigenvalue weighted by atomic mass is 10.2. The molecule has 1 aliphatic heterocycles. The van der Waals surface area contributed by atoms with E-state index in [-0.39, 0.29) is 6.42 Å². The number of hydrogen-bond acceptors (Lipinski definition) is 2. The number of likely N-dealkylation sites (tertiary alicyclic amines) is 1. The second-order valence-corrected chi connectivity index (χ2v) is 4.54. The molecule has 0 aromatic carbocycles. The van der Waals surface area contributed by atoms with Crippen molar-refractivity contribution in [2.24, 2.45) is 0 Å². The van der Waals surface area contributed by atoms with Gasteiger partial charge in [0.25, 0.3) is 5.83 Å². The van der Waals surface area contributed by atoms with Crippen molar-refractivity contribution in [3.8, 4) is 0 Å². The summed E-state index contributed by atoms with van der Waals surface area (Å²) in [6, 6.07) is -13.4. The van der Waals surface area contributed by atoms with Crippen molar-refractivity contribution in [3.05, 3.63) is 11.8 Å².